The molecule has 7 heteroatoms. The standard InChI is InChI=1S/C10H10F3N3O/c1-4-9(2,3)17-7-5-6(10(11,12)13)15-8(14)16-7/h1,5H,2-3H3,(H2,14,15,16). The number of ether oxygens (including phenoxy) is 1. The van der Waals surface area contributed by atoms with Crippen LogP contribution in [-0.2, 0) is 6.18 Å². The Kier molecular flexibility index (Phi) is 3.18. The Labute approximate surface area is 96.0 Å². The minimum Gasteiger partial charge on any atom is -0.458 e. The van der Waals surface area contributed by atoms with Gasteiger partial charge in [-0.25, -0.2) is 4.98 Å². The molecule has 1 rings (SSSR count). The van der Waals surface area contributed by atoms with Crippen molar-refractivity contribution < 1.29 is 17.9 Å². The Morgan fingerprint density at radius 2 is 1.94 bits per heavy atom. The van der Waals surface area contributed by atoms with Crippen LogP contribution in [0.4, 0.5) is 19.1 Å². The lowest BCUT2D eigenvalue weighted by Gasteiger charge is -2.19. The van der Waals surface area contributed by atoms with E-state index in [1.54, 1.807) is 0 Å². The van der Waals surface area contributed by atoms with Crippen LogP contribution in [0.15, 0.2) is 6.07 Å². The van der Waals surface area contributed by atoms with E-state index in [9.17, 15) is 13.2 Å². The number of rotatable bonds is 2. The third-order valence-electron chi connectivity index (χ3n) is 1.72. The number of alkyl halides is 3. The normalized spacial score (nSPS) is 12.0. The molecular weight excluding hydrogens is 235 g/mol. The van der Waals surface area contributed by atoms with Crippen LogP contribution in [0.1, 0.15) is 19.5 Å². The van der Waals surface area contributed by atoms with Crippen LogP contribution in [0.25, 0.3) is 0 Å². The lowest BCUT2D eigenvalue weighted by atomic mass is 10.1. The van der Waals surface area contributed by atoms with Gasteiger partial charge in [-0.05, 0) is 13.8 Å². The summed E-state index contributed by atoms with van der Waals surface area (Å²) in [6.45, 7) is 3.02. The molecular formula is C10H10F3N3O. The van der Waals surface area contributed by atoms with Crippen molar-refractivity contribution in [1.82, 2.24) is 9.97 Å². The predicted molar refractivity (Wildman–Crippen MR) is 55.0 cm³/mol. The summed E-state index contributed by atoms with van der Waals surface area (Å²) in [6, 6.07) is 0.648. The summed E-state index contributed by atoms with van der Waals surface area (Å²) in [7, 11) is 0. The van der Waals surface area contributed by atoms with Crippen molar-refractivity contribution in [1.29, 1.82) is 0 Å². The molecule has 1 aromatic rings. The van der Waals surface area contributed by atoms with Crippen LogP contribution < -0.4 is 10.5 Å². The zero-order chi connectivity index (χ0) is 13.3. The molecule has 0 aliphatic carbocycles. The number of anilines is 1. The second-order valence-electron chi connectivity index (χ2n) is 3.70. The molecule has 0 saturated heterocycles. The number of halogens is 3. The molecule has 92 valence electrons. The lowest BCUT2D eigenvalue weighted by molar-refractivity contribution is -0.141. The number of aromatic nitrogens is 2. The minimum absolute atomic E-state index is 0.312. The Balaban J connectivity index is 3.12. The van der Waals surface area contributed by atoms with Crippen molar-refractivity contribution >= 4 is 5.95 Å². The van der Waals surface area contributed by atoms with E-state index in [0.29, 0.717) is 6.07 Å². The Morgan fingerprint density at radius 3 is 2.41 bits per heavy atom. The molecule has 0 unspecified atom stereocenters. The fourth-order valence-electron chi connectivity index (χ4n) is 0.931. The summed E-state index contributed by atoms with van der Waals surface area (Å²) >= 11 is 0. The van der Waals surface area contributed by atoms with Gasteiger partial charge >= 0.3 is 6.18 Å². The second kappa shape index (κ2) is 4.13. The maximum atomic E-state index is 12.4. The van der Waals surface area contributed by atoms with E-state index in [2.05, 4.69) is 15.9 Å². The quantitative estimate of drug-likeness (QED) is 0.808. The fraction of sp³-hybridized carbons (Fsp3) is 0.400. The van der Waals surface area contributed by atoms with Gasteiger partial charge in [-0.2, -0.15) is 18.2 Å². The molecule has 0 amide bonds. The van der Waals surface area contributed by atoms with Crippen LogP contribution in [0.2, 0.25) is 0 Å². The first-order chi connectivity index (χ1) is 7.64. The summed E-state index contributed by atoms with van der Waals surface area (Å²) in [6.07, 6.45) is 0.529. The number of hydrogen-bond acceptors (Lipinski definition) is 4. The molecule has 0 aromatic carbocycles. The average Bonchev–Trinajstić information content (AvgIpc) is 2.14. The van der Waals surface area contributed by atoms with Crippen molar-refractivity contribution in [2.75, 3.05) is 5.73 Å². The average molecular weight is 245 g/mol. The largest absolute Gasteiger partial charge is 0.458 e. The molecule has 2 N–H and O–H groups in total. The maximum absolute atomic E-state index is 12.4. The first-order valence-electron chi connectivity index (χ1n) is 4.52. The summed E-state index contributed by atoms with van der Waals surface area (Å²) in [5.74, 6) is 1.43. The van der Waals surface area contributed by atoms with Crippen LogP contribution in [0, 0.1) is 12.3 Å². The summed E-state index contributed by atoms with van der Waals surface area (Å²) in [5.41, 5.74) is 2.91. The number of nitrogens with two attached hydrogens (primary N) is 1. The molecule has 0 saturated carbocycles. The third-order valence-corrected chi connectivity index (χ3v) is 1.72. The molecule has 0 bridgehead atoms. The van der Waals surface area contributed by atoms with Gasteiger partial charge in [0.05, 0.1) is 0 Å². The van der Waals surface area contributed by atoms with Gasteiger partial charge in [0.15, 0.2) is 11.3 Å². The summed E-state index contributed by atoms with van der Waals surface area (Å²) in [5, 5.41) is 0. The van der Waals surface area contributed by atoms with Crippen LogP contribution in [0.3, 0.4) is 0 Å². The van der Waals surface area contributed by atoms with Crippen molar-refractivity contribution in [3.63, 3.8) is 0 Å². The lowest BCUT2D eigenvalue weighted by Crippen LogP contribution is -2.26. The molecule has 0 fully saturated rings. The third kappa shape index (κ3) is 3.52. The van der Waals surface area contributed by atoms with Gasteiger partial charge in [0.2, 0.25) is 11.8 Å². The molecule has 1 heterocycles. The molecule has 0 spiro atoms. The SMILES string of the molecule is C#CC(C)(C)Oc1cc(C(F)(F)F)nc(N)n1. The van der Waals surface area contributed by atoms with E-state index >= 15 is 0 Å². The smallest absolute Gasteiger partial charge is 0.433 e. The Bertz CT molecular complexity index is 463. The van der Waals surface area contributed by atoms with Gasteiger partial charge in [0.25, 0.3) is 0 Å². The molecule has 1 aromatic heterocycles. The minimum atomic E-state index is -4.62. The molecule has 4 nitrogen and oxygen atoms in total. The van der Waals surface area contributed by atoms with Gasteiger partial charge in [0, 0.05) is 6.07 Å². The van der Waals surface area contributed by atoms with E-state index < -0.39 is 23.4 Å². The Morgan fingerprint density at radius 1 is 1.35 bits per heavy atom. The van der Waals surface area contributed by atoms with Crippen molar-refractivity contribution in [2.24, 2.45) is 0 Å². The Hall–Kier alpha value is -1.97. The number of hydrogen-bond donors (Lipinski definition) is 1. The maximum Gasteiger partial charge on any atom is 0.433 e. The highest BCUT2D eigenvalue weighted by atomic mass is 19.4. The highest BCUT2D eigenvalue weighted by molar-refractivity contribution is 5.28. The summed E-state index contributed by atoms with van der Waals surface area (Å²) < 4.78 is 42.4. The molecule has 0 aliphatic rings. The van der Waals surface area contributed by atoms with Gasteiger partial charge in [-0.1, -0.05) is 5.92 Å². The molecule has 0 aliphatic heterocycles. The van der Waals surface area contributed by atoms with Crippen molar-refractivity contribution in [3.05, 3.63) is 11.8 Å². The fourth-order valence-corrected chi connectivity index (χ4v) is 0.931. The van der Waals surface area contributed by atoms with Crippen LogP contribution >= 0.6 is 0 Å². The predicted octanol–water partition coefficient (Wildman–Crippen LogP) is 1.87. The van der Waals surface area contributed by atoms with Gasteiger partial charge in [-0.3, -0.25) is 0 Å². The molecule has 0 atom stereocenters. The zero-order valence-corrected chi connectivity index (χ0v) is 9.17. The van der Waals surface area contributed by atoms with E-state index in [0.717, 1.165) is 0 Å². The van der Waals surface area contributed by atoms with E-state index in [-0.39, 0.29) is 5.88 Å². The van der Waals surface area contributed by atoms with Gasteiger partial charge in [0.1, 0.15) is 0 Å². The second-order valence-corrected chi connectivity index (χ2v) is 3.70. The number of nitrogen functional groups attached to an aromatic ring is 1. The van der Waals surface area contributed by atoms with E-state index in [1.165, 1.54) is 13.8 Å². The van der Waals surface area contributed by atoms with E-state index in [1.807, 2.05) is 0 Å². The van der Waals surface area contributed by atoms with Crippen molar-refractivity contribution in [2.45, 2.75) is 25.6 Å². The molecule has 17 heavy (non-hydrogen) atoms. The zero-order valence-electron chi connectivity index (χ0n) is 9.17. The monoisotopic (exact) mass is 245 g/mol. The number of nitrogens with zero attached hydrogens (tertiary/aromatic N) is 2. The van der Waals surface area contributed by atoms with Crippen LogP contribution in [-0.4, -0.2) is 15.6 Å². The first-order valence-corrected chi connectivity index (χ1v) is 4.52. The molecule has 0 radical (unpaired) electrons. The van der Waals surface area contributed by atoms with E-state index in [4.69, 9.17) is 16.9 Å². The highest BCUT2D eigenvalue weighted by Gasteiger charge is 2.34. The first kappa shape index (κ1) is 13.1. The van der Waals surface area contributed by atoms with Crippen molar-refractivity contribution in [3.8, 4) is 18.2 Å². The topological polar surface area (TPSA) is 61.0 Å². The number of terminal acetylenes is 1. The van der Waals surface area contributed by atoms with Gasteiger partial charge < -0.3 is 10.5 Å². The van der Waals surface area contributed by atoms with Crippen LogP contribution in [0.5, 0.6) is 5.88 Å². The highest BCUT2D eigenvalue weighted by Crippen LogP contribution is 2.30. The van der Waals surface area contributed by atoms with Gasteiger partial charge in [-0.15, -0.1) is 6.42 Å². The summed E-state index contributed by atoms with van der Waals surface area (Å²) in [4.78, 5) is 6.60.